The Hall–Kier alpha value is -3.08. The van der Waals surface area contributed by atoms with E-state index in [2.05, 4.69) is 0 Å². The molecule has 31 heavy (non-hydrogen) atoms. The fraction of sp³-hybridized carbons (Fsp3) is 0.120. The molecular formula is C25H18Cl2O4. The third-order valence-corrected chi connectivity index (χ3v) is 5.38. The number of halogens is 2. The van der Waals surface area contributed by atoms with Gasteiger partial charge in [-0.25, -0.2) is 0 Å². The topological polar surface area (TPSA) is 52.6 Å². The van der Waals surface area contributed by atoms with Crippen molar-refractivity contribution < 1.29 is 19.1 Å². The predicted molar refractivity (Wildman–Crippen MR) is 121 cm³/mol. The molecular weight excluding hydrogens is 435 g/mol. The molecule has 0 amide bonds. The summed E-state index contributed by atoms with van der Waals surface area (Å²) in [5, 5.41) is 0.967. The van der Waals surface area contributed by atoms with Gasteiger partial charge in [0, 0.05) is 16.1 Å². The van der Waals surface area contributed by atoms with Gasteiger partial charge in [-0.2, -0.15) is 0 Å². The van der Waals surface area contributed by atoms with Crippen molar-refractivity contribution in [3.05, 3.63) is 98.5 Å². The van der Waals surface area contributed by atoms with E-state index < -0.39 is 0 Å². The minimum Gasteiger partial charge on any atom is -0.490 e. The second-order valence-corrected chi connectivity index (χ2v) is 7.78. The van der Waals surface area contributed by atoms with E-state index in [-0.39, 0.29) is 23.7 Å². The van der Waals surface area contributed by atoms with Crippen LogP contribution in [-0.4, -0.2) is 18.2 Å². The molecule has 4 nitrogen and oxygen atoms in total. The first-order valence-electron chi connectivity index (χ1n) is 9.71. The molecule has 0 atom stereocenters. The van der Waals surface area contributed by atoms with Crippen LogP contribution in [0.2, 0.25) is 10.0 Å². The molecule has 0 N–H and O–H groups in total. The number of allylic oxidation sites excluding steroid dienone is 1. The van der Waals surface area contributed by atoms with Crippen molar-refractivity contribution in [1.29, 1.82) is 0 Å². The number of hydrogen-bond acceptors (Lipinski definition) is 4. The summed E-state index contributed by atoms with van der Waals surface area (Å²) in [4.78, 5) is 25.3. The number of fused-ring (bicyclic) bond motifs is 1. The minimum atomic E-state index is -0.294. The number of carbonyl (C=O) groups is 2. The van der Waals surface area contributed by atoms with Crippen molar-refractivity contribution >= 4 is 40.8 Å². The lowest BCUT2D eigenvalue weighted by Crippen LogP contribution is -2.02. The summed E-state index contributed by atoms with van der Waals surface area (Å²) in [5.74, 6) is 0.245. The molecule has 3 aromatic rings. The lowest BCUT2D eigenvalue weighted by Gasteiger charge is -2.15. The molecule has 0 unspecified atom stereocenters. The van der Waals surface area contributed by atoms with Crippen LogP contribution in [0.25, 0.3) is 6.08 Å². The standard InChI is InChI=1S/C25H18Cl2O4/c1-2-30-22-13-16(11-20-23(28)18-5-3-4-6-19(18)24(20)29)12-21(27)25(22)31-14-15-7-9-17(26)10-8-15/h3-13H,2,14H2,1H3. The van der Waals surface area contributed by atoms with Gasteiger partial charge in [0.15, 0.2) is 23.1 Å². The van der Waals surface area contributed by atoms with Crippen molar-refractivity contribution in [1.82, 2.24) is 0 Å². The summed E-state index contributed by atoms with van der Waals surface area (Å²) < 4.78 is 11.6. The lowest BCUT2D eigenvalue weighted by molar-refractivity contribution is 0.0990. The number of ketones is 2. The van der Waals surface area contributed by atoms with E-state index in [1.165, 1.54) is 0 Å². The molecule has 0 aliphatic heterocycles. The van der Waals surface area contributed by atoms with Crippen LogP contribution >= 0.6 is 23.2 Å². The minimum absolute atomic E-state index is 0.106. The molecule has 1 aliphatic rings. The second-order valence-electron chi connectivity index (χ2n) is 6.94. The zero-order valence-electron chi connectivity index (χ0n) is 16.7. The van der Waals surface area contributed by atoms with E-state index in [1.54, 1.807) is 54.6 Å². The van der Waals surface area contributed by atoms with Gasteiger partial charge in [-0.3, -0.25) is 9.59 Å². The number of carbonyl (C=O) groups excluding carboxylic acids is 2. The van der Waals surface area contributed by atoms with Crippen molar-refractivity contribution in [2.45, 2.75) is 13.5 Å². The first-order chi connectivity index (χ1) is 15.0. The highest BCUT2D eigenvalue weighted by atomic mass is 35.5. The Balaban J connectivity index is 1.64. The molecule has 0 heterocycles. The van der Waals surface area contributed by atoms with E-state index in [1.807, 2.05) is 19.1 Å². The highest BCUT2D eigenvalue weighted by Crippen LogP contribution is 2.38. The zero-order chi connectivity index (χ0) is 22.0. The SMILES string of the molecule is CCOc1cc(C=C2C(=O)c3ccccc3C2=O)cc(Cl)c1OCc1ccc(Cl)cc1. The van der Waals surface area contributed by atoms with Crippen molar-refractivity contribution in [3.63, 3.8) is 0 Å². The van der Waals surface area contributed by atoms with E-state index >= 15 is 0 Å². The Morgan fingerprint density at radius 3 is 2.13 bits per heavy atom. The van der Waals surface area contributed by atoms with Gasteiger partial charge < -0.3 is 9.47 Å². The van der Waals surface area contributed by atoms with Crippen LogP contribution in [0.4, 0.5) is 0 Å². The smallest absolute Gasteiger partial charge is 0.197 e. The largest absolute Gasteiger partial charge is 0.490 e. The Morgan fingerprint density at radius 2 is 1.52 bits per heavy atom. The van der Waals surface area contributed by atoms with Crippen molar-refractivity contribution in [2.75, 3.05) is 6.61 Å². The van der Waals surface area contributed by atoms with E-state index in [0.29, 0.717) is 44.8 Å². The first-order valence-corrected chi connectivity index (χ1v) is 10.5. The monoisotopic (exact) mass is 452 g/mol. The highest BCUT2D eigenvalue weighted by molar-refractivity contribution is 6.41. The van der Waals surface area contributed by atoms with E-state index in [4.69, 9.17) is 32.7 Å². The molecule has 0 fully saturated rings. The van der Waals surface area contributed by atoms with Gasteiger partial charge >= 0.3 is 0 Å². The Bertz CT molecular complexity index is 1160. The molecule has 0 spiro atoms. The molecule has 0 bridgehead atoms. The molecule has 0 radical (unpaired) electrons. The number of ether oxygens (including phenoxy) is 2. The van der Waals surface area contributed by atoms with Crippen LogP contribution in [0, 0.1) is 0 Å². The van der Waals surface area contributed by atoms with E-state index in [9.17, 15) is 9.59 Å². The normalized spacial score (nSPS) is 12.7. The first kappa shape index (κ1) is 21.2. The molecule has 6 heteroatoms. The average molecular weight is 453 g/mol. The molecule has 1 aliphatic carbocycles. The van der Waals surface area contributed by atoms with Crippen LogP contribution in [0.3, 0.4) is 0 Å². The summed E-state index contributed by atoms with van der Waals surface area (Å²) in [6.45, 7) is 2.53. The summed E-state index contributed by atoms with van der Waals surface area (Å²) >= 11 is 12.4. The quantitative estimate of drug-likeness (QED) is 0.319. The van der Waals surface area contributed by atoms with Crippen LogP contribution in [0.1, 0.15) is 38.8 Å². The maximum Gasteiger partial charge on any atom is 0.197 e. The average Bonchev–Trinajstić information content (AvgIpc) is 3.00. The molecule has 4 rings (SSSR count). The third kappa shape index (κ3) is 4.36. The molecule has 3 aromatic carbocycles. The van der Waals surface area contributed by atoms with Crippen LogP contribution in [0.5, 0.6) is 11.5 Å². The van der Waals surface area contributed by atoms with Gasteiger partial charge in [0.05, 0.1) is 17.2 Å². The van der Waals surface area contributed by atoms with Crippen LogP contribution in [-0.2, 0) is 6.61 Å². The molecule has 0 saturated carbocycles. The van der Waals surface area contributed by atoms with Gasteiger partial charge in [0.2, 0.25) is 0 Å². The predicted octanol–water partition coefficient (Wildman–Crippen LogP) is 6.43. The maximum atomic E-state index is 12.7. The van der Waals surface area contributed by atoms with E-state index in [0.717, 1.165) is 5.56 Å². The maximum absolute atomic E-state index is 12.7. The van der Waals surface area contributed by atoms with Gasteiger partial charge in [-0.05, 0) is 48.4 Å². The highest BCUT2D eigenvalue weighted by Gasteiger charge is 2.32. The summed E-state index contributed by atoms with van der Waals surface area (Å²) in [6.07, 6.45) is 1.54. The Labute approximate surface area is 190 Å². The lowest BCUT2D eigenvalue weighted by atomic mass is 10.1. The van der Waals surface area contributed by atoms with Gasteiger partial charge in [-0.15, -0.1) is 0 Å². The number of hydrogen-bond donors (Lipinski definition) is 0. The third-order valence-electron chi connectivity index (χ3n) is 4.84. The van der Waals surface area contributed by atoms with Crippen LogP contribution in [0.15, 0.2) is 66.2 Å². The van der Waals surface area contributed by atoms with Gasteiger partial charge in [0.25, 0.3) is 0 Å². The fourth-order valence-corrected chi connectivity index (χ4v) is 3.78. The Kier molecular flexibility index (Phi) is 6.12. The second kappa shape index (κ2) is 8.96. The Morgan fingerprint density at radius 1 is 0.871 bits per heavy atom. The van der Waals surface area contributed by atoms with Gasteiger partial charge in [-0.1, -0.05) is 59.6 Å². The summed E-state index contributed by atoms with van der Waals surface area (Å²) in [5.41, 5.74) is 2.44. The van der Waals surface area contributed by atoms with Crippen LogP contribution < -0.4 is 9.47 Å². The molecule has 156 valence electrons. The number of rotatable bonds is 6. The van der Waals surface area contributed by atoms with Crippen molar-refractivity contribution in [3.8, 4) is 11.5 Å². The molecule has 0 aromatic heterocycles. The summed E-state index contributed by atoms with van der Waals surface area (Å²) in [7, 11) is 0. The zero-order valence-corrected chi connectivity index (χ0v) is 18.2. The van der Waals surface area contributed by atoms with Crippen molar-refractivity contribution in [2.24, 2.45) is 0 Å². The molecule has 0 saturated heterocycles. The number of Topliss-reactive ketones (excluding diaryl/α,β-unsaturated/α-hetero) is 2. The van der Waals surface area contributed by atoms with Gasteiger partial charge in [0.1, 0.15) is 6.61 Å². The summed E-state index contributed by atoms with van der Waals surface area (Å²) in [6, 6.07) is 17.5. The number of benzene rings is 3. The fourth-order valence-electron chi connectivity index (χ4n) is 3.38.